The first-order valence-electron chi connectivity index (χ1n) is 10.2. The Morgan fingerprint density at radius 2 is 1.93 bits per heavy atom. The first-order valence-corrected chi connectivity index (χ1v) is 10.2. The van der Waals surface area contributed by atoms with Gasteiger partial charge in [-0.3, -0.25) is 9.59 Å². The Morgan fingerprint density at radius 1 is 1.17 bits per heavy atom. The molecular formula is C23H27N3O3. The number of carbonyl (C=O) groups is 2. The van der Waals surface area contributed by atoms with Crippen molar-refractivity contribution in [1.82, 2.24) is 9.80 Å². The van der Waals surface area contributed by atoms with E-state index >= 15 is 0 Å². The predicted molar refractivity (Wildman–Crippen MR) is 112 cm³/mol. The van der Waals surface area contributed by atoms with Gasteiger partial charge >= 0.3 is 0 Å². The lowest BCUT2D eigenvalue weighted by molar-refractivity contribution is -0.131. The molecule has 0 aliphatic carbocycles. The van der Waals surface area contributed by atoms with Crippen molar-refractivity contribution < 1.29 is 14.3 Å². The van der Waals surface area contributed by atoms with E-state index in [1.807, 2.05) is 48.3 Å². The van der Waals surface area contributed by atoms with E-state index in [9.17, 15) is 9.59 Å². The fourth-order valence-electron chi connectivity index (χ4n) is 4.05. The maximum absolute atomic E-state index is 13.1. The second-order valence-corrected chi connectivity index (χ2v) is 7.78. The Hall–Kier alpha value is -2.86. The number of benzene rings is 2. The summed E-state index contributed by atoms with van der Waals surface area (Å²) < 4.78 is 5.40. The lowest BCUT2D eigenvalue weighted by Gasteiger charge is -2.32. The normalized spacial score (nSPS) is 17.2. The van der Waals surface area contributed by atoms with Gasteiger partial charge in [0.05, 0.1) is 18.2 Å². The number of carbonyl (C=O) groups excluding carboxylic acids is 2. The first-order chi connectivity index (χ1) is 14.1. The molecule has 2 amide bonds. The van der Waals surface area contributed by atoms with Crippen LogP contribution in [0.1, 0.15) is 30.0 Å². The quantitative estimate of drug-likeness (QED) is 0.820. The lowest BCUT2D eigenvalue weighted by atomic mass is 10.0. The minimum atomic E-state index is -0.173. The van der Waals surface area contributed by atoms with Crippen LogP contribution in [0.4, 0.5) is 5.69 Å². The van der Waals surface area contributed by atoms with Gasteiger partial charge in [0.25, 0.3) is 5.91 Å². The molecule has 0 spiro atoms. The van der Waals surface area contributed by atoms with E-state index in [0.29, 0.717) is 11.4 Å². The van der Waals surface area contributed by atoms with Crippen LogP contribution in [-0.4, -0.2) is 54.9 Å². The zero-order valence-electron chi connectivity index (χ0n) is 16.8. The van der Waals surface area contributed by atoms with Gasteiger partial charge in [0.1, 0.15) is 5.75 Å². The van der Waals surface area contributed by atoms with Gasteiger partial charge in [-0.15, -0.1) is 0 Å². The van der Waals surface area contributed by atoms with Gasteiger partial charge < -0.3 is 19.9 Å². The number of anilines is 1. The number of fused-ring (bicyclic) bond motifs is 1. The van der Waals surface area contributed by atoms with Crippen molar-refractivity contribution in [3.8, 4) is 5.75 Å². The minimum absolute atomic E-state index is 0.0162. The summed E-state index contributed by atoms with van der Waals surface area (Å²) in [5.74, 6) is 0.527. The second kappa shape index (κ2) is 8.66. The highest BCUT2D eigenvalue weighted by Gasteiger charge is 2.26. The van der Waals surface area contributed by atoms with E-state index < -0.39 is 0 Å². The van der Waals surface area contributed by atoms with Crippen LogP contribution in [0.3, 0.4) is 0 Å². The zero-order chi connectivity index (χ0) is 20.2. The summed E-state index contributed by atoms with van der Waals surface area (Å²) in [6.45, 7) is 3.06. The number of ether oxygens (including phenoxy) is 1. The topological polar surface area (TPSA) is 61.9 Å². The highest BCUT2D eigenvalue weighted by molar-refractivity contribution is 5.95. The van der Waals surface area contributed by atoms with Crippen molar-refractivity contribution in [2.75, 3.05) is 38.6 Å². The third-order valence-electron chi connectivity index (χ3n) is 5.71. The largest absolute Gasteiger partial charge is 0.482 e. The molecule has 1 N–H and O–H groups in total. The Morgan fingerprint density at radius 3 is 2.69 bits per heavy atom. The van der Waals surface area contributed by atoms with Crippen LogP contribution >= 0.6 is 0 Å². The monoisotopic (exact) mass is 393 g/mol. The highest BCUT2D eigenvalue weighted by atomic mass is 16.5. The molecule has 2 aromatic carbocycles. The molecule has 0 unspecified atom stereocenters. The van der Waals surface area contributed by atoms with Crippen molar-refractivity contribution in [1.29, 1.82) is 0 Å². The van der Waals surface area contributed by atoms with Gasteiger partial charge in [-0.2, -0.15) is 0 Å². The number of nitrogens with zero attached hydrogens (tertiary/aromatic N) is 2. The lowest BCUT2D eigenvalue weighted by Crippen LogP contribution is -2.39. The summed E-state index contributed by atoms with van der Waals surface area (Å²) in [5.41, 5.74) is 2.65. The number of rotatable bonds is 6. The van der Waals surface area contributed by atoms with Gasteiger partial charge in [-0.05, 0) is 49.2 Å². The molecule has 4 rings (SSSR count). The average molecular weight is 393 g/mol. The van der Waals surface area contributed by atoms with Gasteiger partial charge in [-0.1, -0.05) is 36.4 Å². The minimum Gasteiger partial charge on any atom is -0.482 e. The molecule has 2 aromatic rings. The zero-order valence-corrected chi connectivity index (χ0v) is 16.8. The molecule has 6 heteroatoms. The fourth-order valence-corrected chi connectivity index (χ4v) is 4.05. The van der Waals surface area contributed by atoms with Crippen molar-refractivity contribution >= 4 is 17.5 Å². The first kappa shape index (κ1) is 19.5. The number of nitrogens with one attached hydrogen (secondary N) is 1. The predicted octanol–water partition coefficient (Wildman–Crippen LogP) is 2.86. The number of likely N-dealkylation sites (N-methyl/N-ethyl adjacent to an activating group) is 1. The van der Waals surface area contributed by atoms with Gasteiger partial charge in [0, 0.05) is 13.6 Å². The van der Waals surface area contributed by atoms with E-state index in [1.54, 1.807) is 0 Å². The molecule has 0 aromatic heterocycles. The third-order valence-corrected chi connectivity index (χ3v) is 5.71. The van der Waals surface area contributed by atoms with Crippen molar-refractivity contribution in [3.63, 3.8) is 0 Å². The molecule has 0 saturated carbocycles. The van der Waals surface area contributed by atoms with Crippen LogP contribution in [0, 0.1) is 0 Å². The molecule has 0 radical (unpaired) electrons. The smallest absolute Gasteiger partial charge is 0.262 e. The van der Waals surface area contributed by atoms with Crippen LogP contribution in [-0.2, 0) is 16.0 Å². The Bertz CT molecular complexity index is 878. The third kappa shape index (κ3) is 4.59. The van der Waals surface area contributed by atoms with Crippen molar-refractivity contribution in [2.45, 2.75) is 25.3 Å². The maximum Gasteiger partial charge on any atom is 0.262 e. The molecule has 6 nitrogen and oxygen atoms in total. The molecule has 1 saturated heterocycles. The Labute approximate surface area is 171 Å². The Kier molecular flexibility index (Phi) is 5.81. The van der Waals surface area contributed by atoms with Crippen molar-refractivity contribution in [3.05, 3.63) is 59.7 Å². The molecule has 2 heterocycles. The summed E-state index contributed by atoms with van der Waals surface area (Å²) in [5, 5.41) is 2.80. The van der Waals surface area contributed by atoms with Crippen molar-refractivity contribution in [2.24, 2.45) is 0 Å². The SMILES string of the molecule is CN(C(=O)Cc1ccc2c(c1)NC(=O)CO2)[C@H](CN1CCCC1)c1ccccc1. The van der Waals surface area contributed by atoms with E-state index in [4.69, 9.17) is 4.74 Å². The van der Waals surface area contributed by atoms with Crippen LogP contribution in [0.2, 0.25) is 0 Å². The van der Waals surface area contributed by atoms with Gasteiger partial charge in [-0.25, -0.2) is 0 Å². The second-order valence-electron chi connectivity index (χ2n) is 7.78. The summed E-state index contributed by atoms with van der Waals surface area (Å²) in [4.78, 5) is 29.0. The highest BCUT2D eigenvalue weighted by Crippen LogP contribution is 2.29. The molecular weight excluding hydrogens is 366 g/mol. The summed E-state index contributed by atoms with van der Waals surface area (Å²) >= 11 is 0. The van der Waals surface area contributed by atoms with Crippen LogP contribution in [0.25, 0.3) is 0 Å². The number of hydrogen-bond acceptors (Lipinski definition) is 4. The number of hydrogen-bond donors (Lipinski definition) is 1. The molecule has 0 bridgehead atoms. The van der Waals surface area contributed by atoms with Crippen LogP contribution in [0.5, 0.6) is 5.75 Å². The van der Waals surface area contributed by atoms with E-state index in [2.05, 4.69) is 22.3 Å². The van der Waals surface area contributed by atoms with Gasteiger partial charge in [0.2, 0.25) is 5.91 Å². The van der Waals surface area contributed by atoms with E-state index in [-0.39, 0.29) is 30.9 Å². The summed E-state index contributed by atoms with van der Waals surface area (Å²) in [6.07, 6.45) is 2.73. The summed E-state index contributed by atoms with van der Waals surface area (Å²) in [7, 11) is 1.89. The molecule has 2 aliphatic heterocycles. The van der Waals surface area contributed by atoms with Crippen LogP contribution in [0.15, 0.2) is 48.5 Å². The molecule has 1 fully saturated rings. The number of amides is 2. The molecule has 29 heavy (non-hydrogen) atoms. The molecule has 2 aliphatic rings. The standard InChI is InChI=1S/C23H27N3O3/c1-25(20(15-26-11-5-6-12-26)18-7-3-2-4-8-18)23(28)14-17-9-10-21-19(13-17)24-22(27)16-29-21/h2-4,7-10,13,20H,5-6,11-12,14-16H2,1H3,(H,24,27)/t20-/m1/s1. The maximum atomic E-state index is 13.1. The molecule has 1 atom stereocenters. The summed E-state index contributed by atoms with van der Waals surface area (Å²) in [6, 6.07) is 15.8. The van der Waals surface area contributed by atoms with E-state index in [0.717, 1.165) is 30.8 Å². The fraction of sp³-hybridized carbons (Fsp3) is 0.391. The number of likely N-dealkylation sites (tertiary alicyclic amines) is 1. The molecule has 152 valence electrons. The van der Waals surface area contributed by atoms with Crippen LogP contribution < -0.4 is 10.1 Å². The Balaban J connectivity index is 1.49. The van der Waals surface area contributed by atoms with E-state index in [1.165, 1.54) is 12.8 Å². The average Bonchev–Trinajstić information content (AvgIpc) is 3.25. The van der Waals surface area contributed by atoms with Gasteiger partial charge in [0.15, 0.2) is 6.61 Å².